The van der Waals surface area contributed by atoms with Crippen LogP contribution in [-0.2, 0) is 32.7 Å². The molecule has 0 aromatic rings. The number of phosphoric acid groups is 1. The highest BCUT2D eigenvalue weighted by molar-refractivity contribution is 7.45. The second-order valence-corrected chi connectivity index (χ2v) is 29.1. The largest absolute Gasteiger partial charge is 0.756 e. The smallest absolute Gasteiger partial charge is 0.306 e. The Morgan fingerprint density at radius 2 is 0.626 bits per heavy atom. The molecule has 0 aromatic carbocycles. The van der Waals surface area contributed by atoms with E-state index in [4.69, 9.17) is 18.5 Å². The van der Waals surface area contributed by atoms with Gasteiger partial charge in [-0.3, -0.25) is 14.2 Å². The molecule has 9 nitrogen and oxygen atoms in total. The van der Waals surface area contributed by atoms with Crippen molar-refractivity contribution >= 4 is 19.8 Å². The van der Waals surface area contributed by atoms with Crippen LogP contribution in [0.3, 0.4) is 0 Å². The summed E-state index contributed by atoms with van der Waals surface area (Å²) < 4.78 is 34.4. The summed E-state index contributed by atoms with van der Waals surface area (Å²) in [7, 11) is 1.17. The highest BCUT2D eigenvalue weighted by Crippen LogP contribution is 2.38. The fraction of sp³-hybridized carbons (Fsp3) is 0.827. The molecule has 0 fully saturated rings. The average Bonchev–Trinajstić information content (AvgIpc) is 3.74. The van der Waals surface area contributed by atoms with E-state index in [9.17, 15) is 19.0 Å². The van der Waals surface area contributed by atoms with Gasteiger partial charge < -0.3 is 27.9 Å². The van der Waals surface area contributed by atoms with E-state index in [1.165, 1.54) is 263 Å². The maximum absolute atomic E-state index is 12.9. The minimum Gasteiger partial charge on any atom is -0.756 e. The number of quaternary nitrogens is 1. The molecule has 0 amide bonds. The molecule has 0 aliphatic carbocycles. The Labute approximate surface area is 565 Å². The Morgan fingerprint density at radius 3 is 0.934 bits per heavy atom. The van der Waals surface area contributed by atoms with Crippen molar-refractivity contribution in [3.63, 3.8) is 0 Å². The number of rotatable bonds is 73. The first-order chi connectivity index (χ1) is 44.5. The molecule has 0 bridgehead atoms. The number of hydrogen-bond donors (Lipinski definition) is 0. The highest BCUT2D eigenvalue weighted by Gasteiger charge is 2.22. The molecular formula is C81H150NO8P. The van der Waals surface area contributed by atoms with Crippen molar-refractivity contribution in [1.29, 1.82) is 0 Å². The van der Waals surface area contributed by atoms with Crippen LogP contribution in [0, 0.1) is 0 Å². The summed E-state index contributed by atoms with van der Waals surface area (Å²) in [6.07, 6.45) is 97.5. The number of nitrogens with zero attached hydrogens (tertiary/aromatic N) is 1. The van der Waals surface area contributed by atoms with Crippen LogP contribution in [0.1, 0.15) is 380 Å². The zero-order valence-electron chi connectivity index (χ0n) is 60.8. The van der Waals surface area contributed by atoms with Gasteiger partial charge in [0.25, 0.3) is 7.82 Å². The normalized spacial score (nSPS) is 13.4. The van der Waals surface area contributed by atoms with Crippen molar-refractivity contribution in [2.24, 2.45) is 0 Å². The number of unbranched alkanes of at least 4 members (excludes halogenated alkanes) is 47. The van der Waals surface area contributed by atoms with E-state index in [0.717, 1.165) is 83.5 Å². The van der Waals surface area contributed by atoms with E-state index in [0.29, 0.717) is 17.4 Å². The van der Waals surface area contributed by atoms with Crippen molar-refractivity contribution in [3.05, 3.63) is 72.9 Å². The van der Waals surface area contributed by atoms with E-state index in [2.05, 4.69) is 86.8 Å². The molecule has 0 saturated heterocycles. The molecule has 0 aromatic heterocycles. The zero-order valence-corrected chi connectivity index (χ0v) is 61.7. The molecule has 91 heavy (non-hydrogen) atoms. The molecule has 532 valence electrons. The first-order valence-corrected chi connectivity index (χ1v) is 40.6. The van der Waals surface area contributed by atoms with Gasteiger partial charge >= 0.3 is 11.9 Å². The fourth-order valence-corrected chi connectivity index (χ4v) is 12.3. The van der Waals surface area contributed by atoms with E-state index in [1.807, 2.05) is 21.1 Å². The molecule has 0 rings (SSSR count). The average molecular weight is 1300 g/mol. The van der Waals surface area contributed by atoms with Crippen LogP contribution in [-0.4, -0.2) is 70.0 Å². The molecular weight excluding hydrogens is 1150 g/mol. The topological polar surface area (TPSA) is 111 Å². The van der Waals surface area contributed by atoms with Crippen molar-refractivity contribution < 1.29 is 42.1 Å². The molecule has 2 unspecified atom stereocenters. The number of hydrogen-bond acceptors (Lipinski definition) is 8. The van der Waals surface area contributed by atoms with Gasteiger partial charge in [0.2, 0.25) is 0 Å². The maximum Gasteiger partial charge on any atom is 0.306 e. The Morgan fingerprint density at radius 1 is 0.352 bits per heavy atom. The van der Waals surface area contributed by atoms with Gasteiger partial charge in [-0.1, -0.05) is 376 Å². The zero-order chi connectivity index (χ0) is 66.2. The third-order valence-electron chi connectivity index (χ3n) is 17.5. The summed E-state index contributed by atoms with van der Waals surface area (Å²) in [5.74, 6) is -0.830. The Hall–Kier alpha value is -2.55. The van der Waals surface area contributed by atoms with Crippen LogP contribution in [0.5, 0.6) is 0 Å². The van der Waals surface area contributed by atoms with Crippen LogP contribution in [0.2, 0.25) is 0 Å². The highest BCUT2D eigenvalue weighted by atomic mass is 31.2. The second-order valence-electron chi connectivity index (χ2n) is 27.7. The van der Waals surface area contributed by atoms with Crippen LogP contribution in [0.4, 0.5) is 0 Å². The van der Waals surface area contributed by atoms with Gasteiger partial charge in [-0.15, -0.1) is 0 Å². The van der Waals surface area contributed by atoms with Crippen LogP contribution in [0.15, 0.2) is 72.9 Å². The number of esters is 2. The van der Waals surface area contributed by atoms with Crippen LogP contribution >= 0.6 is 7.82 Å². The lowest BCUT2D eigenvalue weighted by molar-refractivity contribution is -0.870. The minimum atomic E-state index is -4.65. The lowest BCUT2D eigenvalue weighted by atomic mass is 10.0. The summed E-state index contributed by atoms with van der Waals surface area (Å²) in [5, 5.41) is 0. The van der Waals surface area contributed by atoms with Crippen molar-refractivity contribution in [2.75, 3.05) is 47.5 Å². The number of phosphoric ester groups is 1. The number of allylic oxidation sites excluding steroid dienone is 12. The van der Waals surface area contributed by atoms with Gasteiger partial charge in [-0.05, 0) is 64.2 Å². The molecule has 2 atom stereocenters. The Kier molecular flexibility index (Phi) is 69.7. The number of likely N-dealkylation sites (N-methyl/N-ethyl adjacent to an activating group) is 1. The SMILES string of the molecule is CC/C=C\C/C=C\C/C=C\C/C=C\C/C=C\C/C=C\CCCCCCCCCCC(=O)OC(COC(=O)CCCCCCCCCCCCCCCCCCCCCCCCCCCCCCCCCCCCCCCCCC)COP(=O)([O-])OCC[N+](C)(C)C. The summed E-state index contributed by atoms with van der Waals surface area (Å²) >= 11 is 0. The molecule has 0 aliphatic rings. The number of carbonyl (C=O) groups excluding carboxylic acids is 2. The van der Waals surface area contributed by atoms with Crippen molar-refractivity contribution in [2.45, 2.75) is 386 Å². The number of ether oxygens (including phenoxy) is 2. The van der Waals surface area contributed by atoms with Crippen LogP contribution in [0.25, 0.3) is 0 Å². The van der Waals surface area contributed by atoms with Gasteiger partial charge in [-0.25, -0.2) is 0 Å². The third-order valence-corrected chi connectivity index (χ3v) is 18.5. The number of carbonyl (C=O) groups is 2. The van der Waals surface area contributed by atoms with E-state index in [-0.39, 0.29) is 32.0 Å². The van der Waals surface area contributed by atoms with Gasteiger partial charge in [-0.2, -0.15) is 0 Å². The van der Waals surface area contributed by atoms with Gasteiger partial charge in [0.05, 0.1) is 27.7 Å². The molecule has 0 heterocycles. The second kappa shape index (κ2) is 71.7. The Balaban J connectivity index is 3.92. The first-order valence-electron chi connectivity index (χ1n) is 39.1. The summed E-state index contributed by atoms with van der Waals surface area (Å²) in [6.45, 7) is 4.17. The maximum atomic E-state index is 12.9. The fourth-order valence-electron chi connectivity index (χ4n) is 11.5. The first kappa shape index (κ1) is 88.5. The molecule has 0 N–H and O–H groups in total. The van der Waals surface area contributed by atoms with E-state index in [1.54, 1.807) is 0 Å². The molecule has 0 radical (unpaired) electrons. The van der Waals surface area contributed by atoms with Gasteiger partial charge in [0, 0.05) is 12.8 Å². The van der Waals surface area contributed by atoms with Gasteiger partial charge in [0.15, 0.2) is 6.10 Å². The molecule has 0 spiro atoms. The molecule has 10 heteroatoms. The standard InChI is InChI=1S/C81H150NO8P/c1-6-8-10-12-14-16-18-20-22-24-26-28-30-32-34-35-36-37-38-39-40-41-42-43-44-45-46-48-49-51-53-55-57-59-61-63-65-67-69-71-73-80(83)87-77-79(78-89-91(85,86)88-76-75-82(3,4)5)90-81(84)74-72-70-68-66-64-62-60-58-56-54-52-50-47-33-31-29-27-25-23-21-19-17-15-13-11-9-7-2/h9,11,15,17,21,23,27,29,33,47,52,54,79H,6-8,10,12-14,16,18-20,22,24-26,28,30-32,34-46,48-51,53,55-78H2,1-5H3/b11-9-,17-15-,23-21-,29-27-,47-33-,54-52-. The lowest BCUT2D eigenvalue weighted by Gasteiger charge is -2.28. The Bertz CT molecular complexity index is 1770. The molecule has 0 saturated carbocycles. The summed E-state index contributed by atoms with van der Waals surface area (Å²) in [4.78, 5) is 38.1. The van der Waals surface area contributed by atoms with E-state index >= 15 is 0 Å². The molecule has 0 aliphatic heterocycles. The monoisotopic (exact) mass is 1300 g/mol. The summed E-state index contributed by atoms with van der Waals surface area (Å²) in [5.41, 5.74) is 0. The minimum absolute atomic E-state index is 0.0339. The quantitative estimate of drug-likeness (QED) is 0.0195. The summed E-state index contributed by atoms with van der Waals surface area (Å²) in [6, 6.07) is 0. The third kappa shape index (κ3) is 76.4. The lowest BCUT2D eigenvalue weighted by Crippen LogP contribution is -2.37. The van der Waals surface area contributed by atoms with Gasteiger partial charge in [0.1, 0.15) is 19.8 Å². The predicted octanol–water partition coefficient (Wildman–Crippen LogP) is 25.3. The van der Waals surface area contributed by atoms with Crippen molar-refractivity contribution in [1.82, 2.24) is 0 Å². The predicted molar refractivity (Wildman–Crippen MR) is 393 cm³/mol. The van der Waals surface area contributed by atoms with Crippen LogP contribution < -0.4 is 4.89 Å². The van der Waals surface area contributed by atoms with E-state index < -0.39 is 26.5 Å². The van der Waals surface area contributed by atoms with Crippen molar-refractivity contribution in [3.8, 4) is 0 Å².